The fraction of sp³-hybridized carbons (Fsp3) is 0.462. The van der Waals surface area contributed by atoms with Crippen LogP contribution in [-0.4, -0.2) is 48.8 Å². The van der Waals surface area contributed by atoms with Crippen molar-refractivity contribution >= 4 is 29.1 Å². The Morgan fingerprint density at radius 1 is 1.40 bits per heavy atom. The van der Waals surface area contributed by atoms with Crippen molar-refractivity contribution in [3.05, 3.63) is 21.9 Å². The van der Waals surface area contributed by atoms with E-state index in [4.69, 9.17) is 0 Å². The van der Waals surface area contributed by atoms with E-state index >= 15 is 0 Å². The standard InChI is InChI=1S/C13H17N3O3S/c1-9-2-3-10(20-9)13(19)15-8-12(18)16-6-4-11(17)14-5-7-16/h2-3H,4-8H2,1H3,(H,14,17)(H,15,19). The quantitative estimate of drug-likeness (QED) is 0.832. The van der Waals surface area contributed by atoms with Crippen molar-refractivity contribution in [1.82, 2.24) is 15.5 Å². The summed E-state index contributed by atoms with van der Waals surface area (Å²) >= 11 is 1.40. The van der Waals surface area contributed by atoms with Crippen LogP contribution in [0.1, 0.15) is 21.0 Å². The molecule has 1 saturated heterocycles. The second-order valence-corrected chi connectivity index (χ2v) is 5.86. The number of carbonyl (C=O) groups is 3. The third kappa shape index (κ3) is 3.80. The van der Waals surface area contributed by atoms with Crippen LogP contribution >= 0.6 is 11.3 Å². The van der Waals surface area contributed by atoms with Crippen LogP contribution in [-0.2, 0) is 9.59 Å². The molecule has 20 heavy (non-hydrogen) atoms. The van der Waals surface area contributed by atoms with Crippen molar-refractivity contribution < 1.29 is 14.4 Å². The van der Waals surface area contributed by atoms with Crippen molar-refractivity contribution in [2.24, 2.45) is 0 Å². The van der Waals surface area contributed by atoms with Gasteiger partial charge in [-0.25, -0.2) is 0 Å². The van der Waals surface area contributed by atoms with Gasteiger partial charge in [-0.2, -0.15) is 0 Å². The number of amides is 3. The zero-order valence-corrected chi connectivity index (χ0v) is 12.1. The third-order valence-electron chi connectivity index (χ3n) is 3.03. The molecule has 1 aromatic heterocycles. The van der Waals surface area contributed by atoms with Gasteiger partial charge in [-0.15, -0.1) is 11.3 Å². The van der Waals surface area contributed by atoms with Crippen LogP contribution < -0.4 is 10.6 Å². The van der Waals surface area contributed by atoms with E-state index in [1.54, 1.807) is 11.0 Å². The highest BCUT2D eigenvalue weighted by atomic mass is 32.1. The molecule has 0 radical (unpaired) electrons. The lowest BCUT2D eigenvalue weighted by atomic mass is 10.3. The Morgan fingerprint density at radius 2 is 2.20 bits per heavy atom. The molecule has 0 bridgehead atoms. The van der Waals surface area contributed by atoms with Crippen LogP contribution in [0.2, 0.25) is 0 Å². The average Bonchev–Trinajstić information content (AvgIpc) is 2.74. The number of aryl methyl sites for hydroxylation is 1. The third-order valence-corrected chi connectivity index (χ3v) is 4.03. The van der Waals surface area contributed by atoms with Gasteiger partial charge in [-0.3, -0.25) is 14.4 Å². The molecular weight excluding hydrogens is 278 g/mol. The largest absolute Gasteiger partial charge is 0.354 e. The van der Waals surface area contributed by atoms with Crippen LogP contribution in [0.15, 0.2) is 12.1 Å². The molecule has 2 heterocycles. The zero-order valence-electron chi connectivity index (χ0n) is 11.3. The number of nitrogens with one attached hydrogen (secondary N) is 2. The maximum atomic E-state index is 12.0. The predicted molar refractivity (Wildman–Crippen MR) is 75.6 cm³/mol. The van der Waals surface area contributed by atoms with Gasteiger partial charge in [0.15, 0.2) is 0 Å². The van der Waals surface area contributed by atoms with Crippen LogP contribution in [0, 0.1) is 6.92 Å². The minimum Gasteiger partial charge on any atom is -0.354 e. The first-order valence-electron chi connectivity index (χ1n) is 6.45. The molecule has 1 aromatic rings. The van der Waals surface area contributed by atoms with Gasteiger partial charge in [-0.05, 0) is 19.1 Å². The van der Waals surface area contributed by atoms with Gasteiger partial charge in [0.25, 0.3) is 5.91 Å². The maximum absolute atomic E-state index is 12.0. The summed E-state index contributed by atoms with van der Waals surface area (Å²) in [5.41, 5.74) is 0. The summed E-state index contributed by atoms with van der Waals surface area (Å²) in [5, 5.41) is 5.32. The molecule has 108 valence electrons. The first kappa shape index (κ1) is 14.5. The Bertz CT molecular complexity index is 527. The average molecular weight is 295 g/mol. The van der Waals surface area contributed by atoms with E-state index in [2.05, 4.69) is 10.6 Å². The second kappa shape index (κ2) is 6.51. The van der Waals surface area contributed by atoms with E-state index in [0.29, 0.717) is 30.9 Å². The van der Waals surface area contributed by atoms with Gasteiger partial charge in [0, 0.05) is 30.9 Å². The molecule has 6 nitrogen and oxygen atoms in total. The summed E-state index contributed by atoms with van der Waals surface area (Å²) in [6, 6.07) is 3.61. The molecule has 0 aliphatic carbocycles. The lowest BCUT2D eigenvalue weighted by Crippen LogP contribution is -2.41. The molecule has 1 aliphatic rings. The molecule has 0 spiro atoms. The minimum atomic E-state index is -0.236. The predicted octanol–water partition coefficient (Wildman–Crippen LogP) is 0.135. The molecule has 1 aliphatic heterocycles. The Morgan fingerprint density at radius 3 is 2.90 bits per heavy atom. The summed E-state index contributed by atoms with van der Waals surface area (Å²) < 4.78 is 0. The number of nitrogens with zero attached hydrogens (tertiary/aromatic N) is 1. The highest BCUT2D eigenvalue weighted by Gasteiger charge is 2.19. The number of hydrogen-bond acceptors (Lipinski definition) is 4. The van der Waals surface area contributed by atoms with E-state index in [0.717, 1.165) is 4.88 Å². The number of rotatable bonds is 3. The van der Waals surface area contributed by atoms with E-state index < -0.39 is 0 Å². The second-order valence-electron chi connectivity index (χ2n) is 4.57. The zero-order chi connectivity index (χ0) is 14.5. The Balaban J connectivity index is 1.82. The molecule has 2 rings (SSSR count). The van der Waals surface area contributed by atoms with Crippen molar-refractivity contribution in [2.45, 2.75) is 13.3 Å². The van der Waals surface area contributed by atoms with E-state index in [9.17, 15) is 14.4 Å². The molecule has 0 unspecified atom stereocenters. The highest BCUT2D eigenvalue weighted by Crippen LogP contribution is 2.14. The van der Waals surface area contributed by atoms with Crippen molar-refractivity contribution in [1.29, 1.82) is 0 Å². The van der Waals surface area contributed by atoms with Crippen molar-refractivity contribution in [2.75, 3.05) is 26.2 Å². The number of thiophene rings is 1. The van der Waals surface area contributed by atoms with Crippen LogP contribution in [0.25, 0.3) is 0 Å². The van der Waals surface area contributed by atoms with Crippen LogP contribution in [0.3, 0.4) is 0 Å². The van der Waals surface area contributed by atoms with Gasteiger partial charge >= 0.3 is 0 Å². The minimum absolute atomic E-state index is 0.0377. The normalized spacial score (nSPS) is 15.4. The van der Waals surface area contributed by atoms with Gasteiger partial charge in [-0.1, -0.05) is 0 Å². The topological polar surface area (TPSA) is 78.5 Å². The van der Waals surface area contributed by atoms with Crippen molar-refractivity contribution in [3.8, 4) is 0 Å². The van der Waals surface area contributed by atoms with Crippen LogP contribution in [0.5, 0.6) is 0 Å². The molecular formula is C13H17N3O3S. The Kier molecular flexibility index (Phi) is 4.73. The SMILES string of the molecule is Cc1ccc(C(=O)NCC(=O)N2CCNC(=O)CC2)s1. The monoisotopic (exact) mass is 295 g/mol. The van der Waals surface area contributed by atoms with Gasteiger partial charge in [0.1, 0.15) is 0 Å². The number of hydrogen-bond donors (Lipinski definition) is 2. The fourth-order valence-corrected chi connectivity index (χ4v) is 2.71. The maximum Gasteiger partial charge on any atom is 0.261 e. The molecule has 1 fully saturated rings. The summed E-state index contributed by atoms with van der Waals surface area (Å²) in [6.45, 7) is 3.23. The summed E-state index contributed by atoms with van der Waals surface area (Å²) in [4.78, 5) is 38.2. The summed E-state index contributed by atoms with van der Waals surface area (Å²) in [5.74, 6) is -0.443. The molecule has 7 heteroatoms. The van der Waals surface area contributed by atoms with E-state index in [-0.39, 0.29) is 24.3 Å². The smallest absolute Gasteiger partial charge is 0.261 e. The molecule has 0 saturated carbocycles. The Hall–Kier alpha value is -1.89. The first-order valence-corrected chi connectivity index (χ1v) is 7.27. The lowest BCUT2D eigenvalue weighted by molar-refractivity contribution is -0.130. The first-order chi connectivity index (χ1) is 9.56. The molecule has 2 N–H and O–H groups in total. The molecule has 3 amide bonds. The van der Waals surface area contributed by atoms with Crippen molar-refractivity contribution in [3.63, 3.8) is 0 Å². The fourth-order valence-electron chi connectivity index (χ4n) is 1.93. The van der Waals surface area contributed by atoms with E-state index in [1.165, 1.54) is 11.3 Å². The number of carbonyl (C=O) groups excluding carboxylic acids is 3. The highest BCUT2D eigenvalue weighted by molar-refractivity contribution is 7.13. The lowest BCUT2D eigenvalue weighted by Gasteiger charge is -2.19. The van der Waals surface area contributed by atoms with Gasteiger partial charge in [0.2, 0.25) is 11.8 Å². The summed E-state index contributed by atoms with van der Waals surface area (Å²) in [7, 11) is 0. The van der Waals surface area contributed by atoms with E-state index in [1.807, 2.05) is 13.0 Å². The molecule has 0 atom stereocenters. The summed E-state index contributed by atoms with van der Waals surface area (Å²) in [6.07, 6.45) is 0.309. The Labute approximate surface area is 121 Å². The van der Waals surface area contributed by atoms with Crippen LogP contribution in [0.4, 0.5) is 0 Å². The molecule has 0 aromatic carbocycles. The van der Waals surface area contributed by atoms with Gasteiger partial charge < -0.3 is 15.5 Å². The van der Waals surface area contributed by atoms with Gasteiger partial charge in [0.05, 0.1) is 11.4 Å².